The molecule has 0 fully saturated rings. The highest BCUT2D eigenvalue weighted by Crippen LogP contribution is 2.23. The largest absolute Gasteiger partial charge is 0.465 e. The van der Waals surface area contributed by atoms with Crippen LogP contribution in [0.3, 0.4) is 0 Å². The van der Waals surface area contributed by atoms with E-state index in [-0.39, 0.29) is 0 Å². The van der Waals surface area contributed by atoms with Gasteiger partial charge in [0.15, 0.2) is 5.41 Å². The fourth-order valence-corrected chi connectivity index (χ4v) is 3.59. The molecule has 0 spiro atoms. The van der Waals surface area contributed by atoms with Gasteiger partial charge in [-0.2, -0.15) is 0 Å². The zero-order valence-corrected chi connectivity index (χ0v) is 21.2. The van der Waals surface area contributed by atoms with Crippen molar-refractivity contribution in [3.05, 3.63) is 29.3 Å². The Morgan fingerprint density at radius 1 is 0.719 bits per heavy atom. The Labute approximate surface area is 200 Å². The van der Waals surface area contributed by atoms with Crippen molar-refractivity contribution in [3.8, 4) is 5.75 Å². The molecule has 0 aliphatic rings. The van der Waals surface area contributed by atoms with Crippen LogP contribution in [0.5, 0.6) is 5.75 Å². The van der Waals surface area contributed by atoms with Crippen LogP contribution in [-0.2, 0) is 14.3 Å². The number of carbonyl (C=O) groups excluding carboxylic acids is 2. The summed E-state index contributed by atoms with van der Waals surface area (Å²) in [5.74, 6) is -0.829. The minimum atomic E-state index is -1.35. The summed E-state index contributed by atoms with van der Waals surface area (Å²) in [6, 6.07) is 6.45. The molecule has 0 bridgehead atoms. The quantitative estimate of drug-likeness (QED) is 0.0944. The number of unbranched alkanes of at least 4 members (excludes halogenated alkanes) is 13. The van der Waals surface area contributed by atoms with Crippen molar-refractivity contribution in [1.29, 1.82) is 0 Å². The molecule has 1 rings (SSSR count). The van der Waals surface area contributed by atoms with Gasteiger partial charge in [0.25, 0.3) is 0 Å². The number of halogens is 1. The molecule has 0 saturated heterocycles. The summed E-state index contributed by atoms with van der Waals surface area (Å²) in [6.45, 7) is 5.66. The van der Waals surface area contributed by atoms with Gasteiger partial charge in [-0.1, -0.05) is 102 Å². The van der Waals surface area contributed by atoms with Crippen LogP contribution in [0, 0.1) is 5.41 Å². The molecule has 0 unspecified atom stereocenters. The van der Waals surface area contributed by atoms with Crippen LogP contribution in [0.25, 0.3) is 0 Å². The van der Waals surface area contributed by atoms with E-state index in [4.69, 9.17) is 21.1 Å². The molecule has 182 valence electrons. The van der Waals surface area contributed by atoms with Gasteiger partial charge >= 0.3 is 11.9 Å². The maximum Gasteiger partial charge on any atom is 0.328 e. The Kier molecular flexibility index (Phi) is 15.1. The van der Waals surface area contributed by atoms with Crippen molar-refractivity contribution in [2.24, 2.45) is 5.41 Å². The number of carbonyl (C=O) groups is 2. The molecule has 0 N–H and O–H groups in total. The van der Waals surface area contributed by atoms with Gasteiger partial charge in [0, 0.05) is 5.02 Å². The van der Waals surface area contributed by atoms with Crippen LogP contribution >= 0.6 is 11.6 Å². The third-order valence-corrected chi connectivity index (χ3v) is 6.03. The molecule has 0 amide bonds. The van der Waals surface area contributed by atoms with E-state index in [1.54, 1.807) is 24.3 Å². The van der Waals surface area contributed by atoms with Crippen molar-refractivity contribution in [2.45, 2.75) is 111 Å². The number of esters is 2. The predicted octanol–water partition coefficient (Wildman–Crippen LogP) is 8.30. The first-order valence-corrected chi connectivity index (χ1v) is 12.9. The van der Waals surface area contributed by atoms with Crippen molar-refractivity contribution in [3.63, 3.8) is 0 Å². The maximum atomic E-state index is 12.4. The zero-order chi connectivity index (χ0) is 23.7. The first-order chi connectivity index (χ1) is 15.4. The fourth-order valence-electron chi connectivity index (χ4n) is 3.46. The number of benzene rings is 1. The standard InChI is InChI=1S/C27H43ClO4/c1-4-5-6-7-8-9-10-11-12-13-14-15-16-17-22-31-25(29)27(2,3)26(30)32-24-20-18-23(28)19-21-24/h18-21H,4-17,22H2,1-3H3. The molecule has 4 nitrogen and oxygen atoms in total. The van der Waals surface area contributed by atoms with Crippen molar-refractivity contribution >= 4 is 23.5 Å². The minimum absolute atomic E-state index is 0.342. The van der Waals surface area contributed by atoms with Crippen LogP contribution in [0.2, 0.25) is 5.02 Å². The highest BCUT2D eigenvalue weighted by atomic mass is 35.5. The van der Waals surface area contributed by atoms with Crippen molar-refractivity contribution in [1.82, 2.24) is 0 Å². The molecule has 0 heterocycles. The van der Waals surface area contributed by atoms with E-state index in [1.807, 2.05) is 0 Å². The molecule has 0 aromatic heterocycles. The lowest BCUT2D eigenvalue weighted by molar-refractivity contribution is -0.164. The lowest BCUT2D eigenvalue weighted by Crippen LogP contribution is -2.38. The normalized spacial score (nSPS) is 11.4. The zero-order valence-electron chi connectivity index (χ0n) is 20.4. The third-order valence-electron chi connectivity index (χ3n) is 5.78. The van der Waals surface area contributed by atoms with Crippen LogP contribution < -0.4 is 4.74 Å². The first-order valence-electron chi connectivity index (χ1n) is 12.5. The van der Waals surface area contributed by atoms with E-state index in [0.29, 0.717) is 17.4 Å². The summed E-state index contributed by atoms with van der Waals surface area (Å²) in [6.07, 6.45) is 17.9. The Morgan fingerprint density at radius 3 is 1.62 bits per heavy atom. The second kappa shape index (κ2) is 17.0. The van der Waals surface area contributed by atoms with Crippen molar-refractivity contribution < 1.29 is 19.1 Å². The topological polar surface area (TPSA) is 52.6 Å². The highest BCUT2D eigenvalue weighted by molar-refractivity contribution is 6.30. The molecule has 5 heteroatoms. The van der Waals surface area contributed by atoms with Crippen LogP contribution in [0.4, 0.5) is 0 Å². The van der Waals surface area contributed by atoms with Gasteiger partial charge in [0.05, 0.1) is 6.61 Å². The molecule has 1 aromatic carbocycles. The first kappa shape index (κ1) is 28.5. The number of hydrogen-bond donors (Lipinski definition) is 0. The average molecular weight is 467 g/mol. The van der Waals surface area contributed by atoms with Crippen molar-refractivity contribution in [2.75, 3.05) is 6.61 Å². The van der Waals surface area contributed by atoms with E-state index in [2.05, 4.69) is 6.92 Å². The molecule has 0 radical (unpaired) electrons. The average Bonchev–Trinajstić information content (AvgIpc) is 2.77. The Balaban J connectivity index is 2.03. The van der Waals surface area contributed by atoms with Gasteiger partial charge in [-0.15, -0.1) is 0 Å². The third kappa shape index (κ3) is 12.5. The van der Waals surface area contributed by atoms with Gasteiger partial charge in [-0.25, -0.2) is 0 Å². The Morgan fingerprint density at radius 2 is 1.16 bits per heavy atom. The molecule has 0 saturated carbocycles. The predicted molar refractivity (Wildman–Crippen MR) is 132 cm³/mol. The van der Waals surface area contributed by atoms with Crippen LogP contribution in [0.1, 0.15) is 111 Å². The molecule has 0 aliphatic carbocycles. The van der Waals surface area contributed by atoms with E-state index >= 15 is 0 Å². The smallest absolute Gasteiger partial charge is 0.328 e. The summed E-state index contributed by atoms with van der Waals surface area (Å²) >= 11 is 5.83. The van der Waals surface area contributed by atoms with E-state index in [1.165, 1.54) is 84.5 Å². The molecule has 0 atom stereocenters. The molecule has 1 aromatic rings. The van der Waals surface area contributed by atoms with Gasteiger partial charge < -0.3 is 9.47 Å². The summed E-state index contributed by atoms with van der Waals surface area (Å²) in [4.78, 5) is 24.7. The lowest BCUT2D eigenvalue weighted by atomic mass is 9.94. The van der Waals surface area contributed by atoms with Gasteiger partial charge in [-0.05, 0) is 44.5 Å². The molecular weight excluding hydrogens is 424 g/mol. The van der Waals surface area contributed by atoms with E-state index in [0.717, 1.165) is 19.3 Å². The molecular formula is C27H43ClO4. The number of ether oxygens (including phenoxy) is 2. The van der Waals surface area contributed by atoms with Gasteiger partial charge in [0.2, 0.25) is 0 Å². The summed E-state index contributed by atoms with van der Waals surface area (Å²) in [5, 5.41) is 0.552. The van der Waals surface area contributed by atoms with Crippen LogP contribution in [-0.4, -0.2) is 18.5 Å². The molecule has 32 heavy (non-hydrogen) atoms. The highest BCUT2D eigenvalue weighted by Gasteiger charge is 2.39. The monoisotopic (exact) mass is 466 g/mol. The summed E-state index contributed by atoms with van der Waals surface area (Å²) in [7, 11) is 0. The van der Waals surface area contributed by atoms with E-state index < -0.39 is 17.4 Å². The van der Waals surface area contributed by atoms with Gasteiger partial charge in [0.1, 0.15) is 5.75 Å². The SMILES string of the molecule is CCCCCCCCCCCCCCCCOC(=O)C(C)(C)C(=O)Oc1ccc(Cl)cc1. The van der Waals surface area contributed by atoms with Crippen LogP contribution in [0.15, 0.2) is 24.3 Å². The maximum absolute atomic E-state index is 12.4. The fraction of sp³-hybridized carbons (Fsp3) is 0.704. The Hall–Kier alpha value is -1.55. The van der Waals surface area contributed by atoms with E-state index in [9.17, 15) is 9.59 Å². The summed E-state index contributed by atoms with van der Waals surface area (Å²) < 4.78 is 10.6. The second-order valence-corrected chi connectivity index (χ2v) is 9.64. The minimum Gasteiger partial charge on any atom is -0.465 e. The number of hydrogen-bond acceptors (Lipinski definition) is 4. The Bertz CT molecular complexity index is 640. The second-order valence-electron chi connectivity index (χ2n) is 9.20. The number of rotatable bonds is 18. The van der Waals surface area contributed by atoms with Gasteiger partial charge in [-0.3, -0.25) is 9.59 Å². The summed E-state index contributed by atoms with van der Waals surface area (Å²) in [5.41, 5.74) is -1.35. The lowest BCUT2D eigenvalue weighted by Gasteiger charge is -2.20. The molecule has 0 aliphatic heterocycles.